The molecule has 0 saturated carbocycles. The summed E-state index contributed by atoms with van der Waals surface area (Å²) < 4.78 is 5.03. The number of hydroxylamine groups is 2. The van der Waals surface area contributed by atoms with E-state index in [0.717, 1.165) is 0 Å². The molecule has 0 amide bonds. The molecule has 1 atom stereocenters. The molecule has 1 heterocycles. The standard InChI is InChI=1S/C9H13NO4/c1-2-4-14-10-3-5-13-9(7-12)8(10)6-11/h2,8,11H,1,3-6H2/t8-/m0/s1. The Bertz CT molecular complexity index is 247. The van der Waals surface area contributed by atoms with E-state index >= 15 is 0 Å². The lowest BCUT2D eigenvalue weighted by Crippen LogP contribution is -2.46. The van der Waals surface area contributed by atoms with Gasteiger partial charge in [-0.1, -0.05) is 6.08 Å². The Labute approximate surface area is 82.2 Å². The van der Waals surface area contributed by atoms with Gasteiger partial charge in [-0.15, -0.1) is 6.58 Å². The number of hydrogen-bond donors (Lipinski definition) is 1. The van der Waals surface area contributed by atoms with Gasteiger partial charge < -0.3 is 9.84 Å². The molecule has 1 aliphatic rings. The van der Waals surface area contributed by atoms with Crippen molar-refractivity contribution in [2.24, 2.45) is 0 Å². The van der Waals surface area contributed by atoms with E-state index in [2.05, 4.69) is 6.58 Å². The molecule has 0 unspecified atom stereocenters. The summed E-state index contributed by atoms with van der Waals surface area (Å²) in [5, 5.41) is 10.5. The van der Waals surface area contributed by atoms with Crippen molar-refractivity contribution in [2.75, 3.05) is 26.4 Å². The van der Waals surface area contributed by atoms with E-state index < -0.39 is 6.04 Å². The average Bonchev–Trinajstić information content (AvgIpc) is 2.25. The molecule has 1 saturated heterocycles. The van der Waals surface area contributed by atoms with Gasteiger partial charge in [0.1, 0.15) is 12.6 Å². The molecule has 1 fully saturated rings. The van der Waals surface area contributed by atoms with Crippen LogP contribution < -0.4 is 0 Å². The average molecular weight is 199 g/mol. The highest BCUT2D eigenvalue weighted by atomic mass is 16.7. The van der Waals surface area contributed by atoms with Crippen LogP contribution in [0.5, 0.6) is 0 Å². The number of carbonyl (C=O) groups excluding carboxylic acids is 1. The van der Waals surface area contributed by atoms with Crippen molar-refractivity contribution in [1.82, 2.24) is 5.06 Å². The van der Waals surface area contributed by atoms with Crippen molar-refractivity contribution in [1.29, 1.82) is 0 Å². The molecule has 14 heavy (non-hydrogen) atoms. The minimum absolute atomic E-state index is 0.0859. The van der Waals surface area contributed by atoms with Crippen molar-refractivity contribution in [3.63, 3.8) is 0 Å². The Kier molecular flexibility index (Phi) is 4.35. The van der Waals surface area contributed by atoms with Crippen molar-refractivity contribution >= 4 is 5.94 Å². The topological polar surface area (TPSA) is 59.0 Å². The Hall–Kier alpha value is -1.13. The zero-order chi connectivity index (χ0) is 10.4. The molecule has 1 N–H and O–H groups in total. The first-order valence-electron chi connectivity index (χ1n) is 4.32. The smallest absolute Gasteiger partial charge is 0.201 e. The summed E-state index contributed by atoms with van der Waals surface area (Å²) >= 11 is 0. The maximum Gasteiger partial charge on any atom is 0.201 e. The Balaban J connectivity index is 2.63. The molecule has 5 heteroatoms. The van der Waals surface area contributed by atoms with Gasteiger partial charge in [-0.05, 0) is 0 Å². The monoisotopic (exact) mass is 199 g/mol. The number of aliphatic hydroxyl groups is 1. The predicted octanol–water partition coefficient (Wildman–Crippen LogP) is -0.487. The molecule has 5 nitrogen and oxygen atoms in total. The normalized spacial score (nSPS) is 22.6. The second kappa shape index (κ2) is 5.57. The van der Waals surface area contributed by atoms with Crippen LogP contribution in [0.1, 0.15) is 0 Å². The molecule has 1 rings (SSSR count). The van der Waals surface area contributed by atoms with E-state index in [4.69, 9.17) is 14.7 Å². The van der Waals surface area contributed by atoms with Crippen LogP contribution in [0.4, 0.5) is 0 Å². The zero-order valence-electron chi connectivity index (χ0n) is 7.81. The summed E-state index contributed by atoms with van der Waals surface area (Å²) in [7, 11) is 0. The molecule has 0 spiro atoms. The van der Waals surface area contributed by atoms with Gasteiger partial charge in [-0.2, -0.15) is 5.06 Å². The number of aliphatic hydroxyl groups excluding tert-OH is 1. The number of nitrogens with zero attached hydrogens (tertiary/aromatic N) is 1. The zero-order valence-corrected chi connectivity index (χ0v) is 7.81. The van der Waals surface area contributed by atoms with Crippen LogP contribution in [-0.4, -0.2) is 48.5 Å². The van der Waals surface area contributed by atoms with Gasteiger partial charge in [0.15, 0.2) is 5.94 Å². The van der Waals surface area contributed by atoms with Gasteiger partial charge in [0.05, 0.1) is 19.8 Å². The first-order valence-corrected chi connectivity index (χ1v) is 4.32. The first kappa shape index (κ1) is 10.9. The summed E-state index contributed by atoms with van der Waals surface area (Å²) in [6.45, 7) is 4.47. The van der Waals surface area contributed by atoms with Crippen molar-refractivity contribution in [3.05, 3.63) is 18.4 Å². The molecule has 0 aromatic carbocycles. The van der Waals surface area contributed by atoms with Gasteiger partial charge in [-0.3, -0.25) is 4.84 Å². The van der Waals surface area contributed by atoms with Crippen molar-refractivity contribution in [3.8, 4) is 0 Å². The maximum atomic E-state index is 10.4. The molecule has 0 radical (unpaired) electrons. The second-order valence-corrected chi connectivity index (χ2v) is 2.74. The fourth-order valence-corrected chi connectivity index (χ4v) is 1.20. The third-order valence-electron chi connectivity index (χ3n) is 1.85. The first-order chi connectivity index (χ1) is 6.83. The van der Waals surface area contributed by atoms with E-state index in [1.165, 1.54) is 5.06 Å². The maximum absolute atomic E-state index is 10.4. The molecular formula is C9H13NO4. The largest absolute Gasteiger partial charge is 0.484 e. The number of rotatable bonds is 4. The number of morpholine rings is 1. The highest BCUT2D eigenvalue weighted by Gasteiger charge is 2.29. The Morgan fingerprint density at radius 3 is 3.21 bits per heavy atom. The summed E-state index contributed by atoms with van der Waals surface area (Å²) in [6, 6.07) is -0.554. The molecule has 0 aliphatic carbocycles. The predicted molar refractivity (Wildman–Crippen MR) is 48.9 cm³/mol. The van der Waals surface area contributed by atoms with Crippen LogP contribution in [0.25, 0.3) is 0 Å². The number of hydrogen-bond acceptors (Lipinski definition) is 5. The van der Waals surface area contributed by atoms with Gasteiger partial charge in [-0.25, -0.2) is 4.79 Å². The van der Waals surface area contributed by atoms with Crippen molar-refractivity contribution < 1.29 is 19.5 Å². The van der Waals surface area contributed by atoms with E-state index in [0.29, 0.717) is 19.8 Å². The van der Waals surface area contributed by atoms with Crippen LogP contribution in [-0.2, 0) is 14.4 Å². The summed E-state index contributed by atoms with van der Waals surface area (Å²) in [5.74, 6) is 1.73. The highest BCUT2D eigenvalue weighted by Crippen LogP contribution is 2.15. The van der Waals surface area contributed by atoms with E-state index in [1.807, 2.05) is 0 Å². The van der Waals surface area contributed by atoms with E-state index in [1.54, 1.807) is 12.0 Å². The molecule has 0 bridgehead atoms. The Morgan fingerprint density at radius 2 is 2.64 bits per heavy atom. The lowest BCUT2D eigenvalue weighted by molar-refractivity contribution is -0.205. The van der Waals surface area contributed by atoms with E-state index in [9.17, 15) is 4.79 Å². The molecule has 1 aliphatic heterocycles. The summed E-state index contributed by atoms with van der Waals surface area (Å²) in [6.07, 6.45) is 1.59. The van der Waals surface area contributed by atoms with E-state index in [-0.39, 0.29) is 12.4 Å². The highest BCUT2D eigenvalue weighted by molar-refractivity contribution is 5.51. The molecular weight excluding hydrogens is 186 g/mol. The minimum Gasteiger partial charge on any atom is -0.484 e. The van der Waals surface area contributed by atoms with Gasteiger partial charge in [0.2, 0.25) is 5.76 Å². The third-order valence-corrected chi connectivity index (χ3v) is 1.85. The van der Waals surface area contributed by atoms with Gasteiger partial charge in [0.25, 0.3) is 0 Å². The summed E-state index contributed by atoms with van der Waals surface area (Å²) in [5.41, 5.74) is 0. The van der Waals surface area contributed by atoms with Crippen LogP contribution in [0, 0.1) is 0 Å². The second-order valence-electron chi connectivity index (χ2n) is 2.74. The van der Waals surface area contributed by atoms with Crippen LogP contribution in [0.3, 0.4) is 0 Å². The fourth-order valence-electron chi connectivity index (χ4n) is 1.20. The SMILES string of the molecule is C=CCON1CCOC(=C=O)[C@@H]1CO. The van der Waals surface area contributed by atoms with Gasteiger partial charge >= 0.3 is 0 Å². The van der Waals surface area contributed by atoms with Crippen molar-refractivity contribution in [2.45, 2.75) is 6.04 Å². The van der Waals surface area contributed by atoms with Crippen LogP contribution in [0.15, 0.2) is 18.4 Å². The quantitative estimate of drug-likeness (QED) is 0.489. The third kappa shape index (κ3) is 2.43. The molecule has 0 aromatic heterocycles. The lowest BCUT2D eigenvalue weighted by atomic mass is 10.2. The minimum atomic E-state index is -0.554. The lowest BCUT2D eigenvalue weighted by Gasteiger charge is -2.33. The number of ether oxygens (including phenoxy) is 1. The van der Waals surface area contributed by atoms with Crippen LogP contribution in [0.2, 0.25) is 0 Å². The van der Waals surface area contributed by atoms with Crippen LogP contribution >= 0.6 is 0 Å². The van der Waals surface area contributed by atoms with Gasteiger partial charge in [0, 0.05) is 0 Å². The molecule has 0 aromatic rings. The molecule has 78 valence electrons. The summed E-state index contributed by atoms with van der Waals surface area (Å²) in [4.78, 5) is 15.7. The Morgan fingerprint density at radius 1 is 1.86 bits per heavy atom. The fraction of sp³-hybridized carbons (Fsp3) is 0.556.